The Balaban J connectivity index is 0.000000258. The zero-order valence-electron chi connectivity index (χ0n) is 21.6. The normalized spacial score (nSPS) is 16.5. The van der Waals surface area contributed by atoms with Gasteiger partial charge in [-0.3, -0.25) is 9.36 Å². The predicted octanol–water partition coefficient (Wildman–Crippen LogP) is 5.31. The van der Waals surface area contributed by atoms with E-state index >= 15 is 0 Å². The SMILES string of the molecule is C.C.C.C.Cn1cc(C2CC2)nn1.Cn1cnc(C2CC2)c1.Cn1cnc(C2CC2)n1.Cn1nnc(C2CC2)n1. The molecule has 0 unspecified atom stereocenters. The summed E-state index contributed by atoms with van der Waals surface area (Å²) in [6, 6.07) is 0. The van der Waals surface area contributed by atoms with E-state index < -0.39 is 0 Å². The number of nitrogens with zero attached hydrogens (tertiary/aromatic N) is 12. The van der Waals surface area contributed by atoms with Gasteiger partial charge < -0.3 is 4.57 Å². The van der Waals surface area contributed by atoms with Crippen molar-refractivity contribution < 1.29 is 0 Å². The molecule has 4 heterocycles. The van der Waals surface area contributed by atoms with Crippen molar-refractivity contribution >= 4 is 0 Å². The summed E-state index contributed by atoms with van der Waals surface area (Å²) in [5, 5.41) is 23.7. The molecule has 4 aromatic rings. The first-order chi connectivity index (χ1) is 17.4. The van der Waals surface area contributed by atoms with E-state index in [0.29, 0.717) is 11.8 Å². The number of hydrogen-bond acceptors (Lipinski definition) is 8. The highest BCUT2D eigenvalue weighted by Crippen LogP contribution is 2.39. The minimum absolute atomic E-state index is 0. The number of hydrogen-bond donors (Lipinski definition) is 0. The van der Waals surface area contributed by atoms with Crippen LogP contribution in [-0.4, -0.2) is 59.5 Å². The van der Waals surface area contributed by atoms with Crippen molar-refractivity contribution in [2.75, 3.05) is 0 Å². The molecule has 4 aliphatic rings. The van der Waals surface area contributed by atoms with Crippen LogP contribution in [0.4, 0.5) is 0 Å². The molecule has 40 heavy (non-hydrogen) atoms. The molecule has 224 valence electrons. The summed E-state index contributed by atoms with van der Waals surface area (Å²) in [4.78, 5) is 9.88. The lowest BCUT2D eigenvalue weighted by Crippen LogP contribution is -1.92. The molecule has 0 saturated heterocycles. The van der Waals surface area contributed by atoms with Gasteiger partial charge >= 0.3 is 0 Å². The van der Waals surface area contributed by atoms with Crippen molar-refractivity contribution in [3.05, 3.63) is 48.1 Å². The largest absolute Gasteiger partial charge is 0.340 e. The van der Waals surface area contributed by atoms with E-state index in [9.17, 15) is 0 Å². The number of aryl methyl sites for hydroxylation is 4. The Morgan fingerprint density at radius 3 is 1.52 bits per heavy atom. The van der Waals surface area contributed by atoms with Gasteiger partial charge in [0.1, 0.15) is 6.33 Å². The molecule has 4 fully saturated rings. The Morgan fingerprint density at radius 2 is 1.12 bits per heavy atom. The first kappa shape index (κ1) is 34.6. The number of imidazole rings is 1. The highest BCUT2D eigenvalue weighted by atomic mass is 15.6. The third kappa shape index (κ3) is 10.6. The van der Waals surface area contributed by atoms with Crippen LogP contribution in [-0.2, 0) is 28.2 Å². The van der Waals surface area contributed by atoms with Crippen LogP contribution in [0.25, 0.3) is 0 Å². The fourth-order valence-corrected chi connectivity index (χ4v) is 3.64. The molecule has 0 spiro atoms. The van der Waals surface area contributed by atoms with Crippen LogP contribution in [0, 0.1) is 0 Å². The lowest BCUT2D eigenvalue weighted by molar-refractivity contribution is 0.627. The fourth-order valence-electron chi connectivity index (χ4n) is 3.64. The van der Waals surface area contributed by atoms with Crippen LogP contribution in [0.2, 0.25) is 0 Å². The molecule has 0 aliphatic heterocycles. The Hall–Kier alpha value is -3.44. The van der Waals surface area contributed by atoms with E-state index in [-0.39, 0.29) is 29.7 Å². The van der Waals surface area contributed by atoms with E-state index in [4.69, 9.17) is 0 Å². The van der Waals surface area contributed by atoms with Gasteiger partial charge in [0.05, 0.1) is 24.8 Å². The number of rotatable bonds is 4. The van der Waals surface area contributed by atoms with Gasteiger partial charge in [0, 0.05) is 57.2 Å². The molecule has 12 heteroatoms. The zero-order valence-corrected chi connectivity index (χ0v) is 21.6. The Labute approximate surface area is 240 Å². The monoisotopic (exact) mass is 556 g/mol. The zero-order chi connectivity index (χ0) is 25.1. The average Bonchev–Trinajstić information content (AvgIpc) is 3.72. The van der Waals surface area contributed by atoms with E-state index in [0.717, 1.165) is 29.2 Å². The van der Waals surface area contributed by atoms with E-state index in [1.54, 1.807) is 22.7 Å². The summed E-state index contributed by atoms with van der Waals surface area (Å²) >= 11 is 0. The second-order valence-electron chi connectivity index (χ2n) is 10.3. The standard InChI is InChI=1S/C7H10N2.2C6H9N3.C5H8N4.4CH4/c1-9-4-7(8-5-9)6-2-3-6;1-9-4-7-6(8-9)5-2-3-5;1-9-4-6(7-8-9)5-2-3-5;1-9-7-5(6-8-9)4-2-3-4;;;;/h4-6H,2-3H2,1H3;2*4-5H,2-3H2,1H3;4H,2-3H2,1H3;4*1H4. The smallest absolute Gasteiger partial charge is 0.177 e. The maximum Gasteiger partial charge on any atom is 0.177 e. The highest BCUT2D eigenvalue weighted by molar-refractivity contribution is 5.11. The van der Waals surface area contributed by atoms with Crippen LogP contribution in [0.15, 0.2) is 25.0 Å². The molecular formula is C28H52N12. The highest BCUT2D eigenvalue weighted by Gasteiger charge is 2.28. The molecular weight excluding hydrogens is 504 g/mol. The maximum atomic E-state index is 4.24. The molecule has 0 aromatic carbocycles. The van der Waals surface area contributed by atoms with Gasteiger partial charge in [0.25, 0.3) is 0 Å². The molecule has 12 nitrogen and oxygen atoms in total. The lowest BCUT2D eigenvalue weighted by atomic mass is 10.3. The van der Waals surface area contributed by atoms with Gasteiger partial charge in [-0.25, -0.2) is 9.97 Å². The third-order valence-corrected chi connectivity index (χ3v) is 6.36. The summed E-state index contributed by atoms with van der Waals surface area (Å²) in [7, 11) is 7.61. The summed E-state index contributed by atoms with van der Waals surface area (Å²) in [5.41, 5.74) is 2.44. The van der Waals surface area contributed by atoms with E-state index in [1.165, 1.54) is 61.9 Å². The summed E-state index contributed by atoms with van der Waals surface area (Å²) in [6.07, 6.45) is 18.1. The number of tetrazole rings is 1. The minimum Gasteiger partial charge on any atom is -0.340 e. The van der Waals surface area contributed by atoms with Crippen molar-refractivity contribution in [1.82, 2.24) is 59.5 Å². The van der Waals surface area contributed by atoms with Crippen molar-refractivity contribution in [3.8, 4) is 0 Å². The van der Waals surface area contributed by atoms with Crippen LogP contribution < -0.4 is 0 Å². The van der Waals surface area contributed by atoms with Crippen molar-refractivity contribution in [1.29, 1.82) is 0 Å². The molecule has 4 saturated carbocycles. The molecule has 0 atom stereocenters. The second-order valence-corrected chi connectivity index (χ2v) is 10.3. The molecule has 0 N–H and O–H groups in total. The van der Waals surface area contributed by atoms with E-state index in [1.807, 2.05) is 38.2 Å². The van der Waals surface area contributed by atoms with Crippen LogP contribution >= 0.6 is 0 Å². The average molecular weight is 557 g/mol. The van der Waals surface area contributed by atoms with Gasteiger partial charge in [0.15, 0.2) is 11.6 Å². The van der Waals surface area contributed by atoms with Gasteiger partial charge in [-0.15, -0.1) is 15.3 Å². The van der Waals surface area contributed by atoms with Crippen molar-refractivity contribution in [3.63, 3.8) is 0 Å². The molecule has 0 bridgehead atoms. The van der Waals surface area contributed by atoms with Gasteiger partial charge in [-0.1, -0.05) is 34.9 Å². The molecule has 0 amide bonds. The van der Waals surface area contributed by atoms with Gasteiger partial charge in [-0.05, 0) is 56.6 Å². The lowest BCUT2D eigenvalue weighted by Gasteiger charge is -1.83. The second kappa shape index (κ2) is 15.4. The van der Waals surface area contributed by atoms with Crippen LogP contribution in [0.3, 0.4) is 0 Å². The summed E-state index contributed by atoms with van der Waals surface area (Å²) in [5.74, 6) is 4.78. The summed E-state index contributed by atoms with van der Waals surface area (Å²) in [6.45, 7) is 0. The topological polar surface area (TPSA) is 123 Å². The molecule has 0 radical (unpaired) electrons. The van der Waals surface area contributed by atoms with Crippen molar-refractivity contribution in [2.24, 2.45) is 28.2 Å². The van der Waals surface area contributed by atoms with Crippen LogP contribution in [0.1, 0.15) is 128 Å². The van der Waals surface area contributed by atoms with E-state index in [2.05, 4.69) is 47.0 Å². The molecule has 8 rings (SSSR count). The minimum atomic E-state index is 0. The first-order valence-electron chi connectivity index (χ1n) is 12.9. The fraction of sp³-hybridized carbons (Fsp3) is 0.714. The molecule has 4 aromatic heterocycles. The molecule has 4 aliphatic carbocycles. The predicted molar refractivity (Wildman–Crippen MR) is 159 cm³/mol. The Bertz CT molecular complexity index is 1040. The van der Waals surface area contributed by atoms with Crippen LogP contribution in [0.5, 0.6) is 0 Å². The summed E-state index contributed by atoms with van der Waals surface area (Å²) < 4.78 is 5.52. The maximum absolute atomic E-state index is 4.24. The Morgan fingerprint density at radius 1 is 0.550 bits per heavy atom. The Kier molecular flexibility index (Phi) is 13.3. The number of aromatic nitrogens is 12. The first-order valence-corrected chi connectivity index (χ1v) is 12.9. The quantitative estimate of drug-likeness (QED) is 0.331. The third-order valence-electron chi connectivity index (χ3n) is 6.36. The van der Waals surface area contributed by atoms with Gasteiger partial charge in [-0.2, -0.15) is 9.90 Å². The van der Waals surface area contributed by atoms with Gasteiger partial charge in [0.2, 0.25) is 0 Å². The van der Waals surface area contributed by atoms with Crippen molar-refractivity contribution in [2.45, 2.75) is 105 Å².